The molecule has 1 aromatic rings. The van der Waals surface area contributed by atoms with Gasteiger partial charge in [0.05, 0.1) is 25.9 Å². The Morgan fingerprint density at radius 3 is 2.68 bits per heavy atom. The molecule has 1 atom stereocenters. The van der Waals surface area contributed by atoms with Gasteiger partial charge in [-0.2, -0.15) is 0 Å². The fraction of sp³-hybridized carbons (Fsp3) is 0.720. The van der Waals surface area contributed by atoms with Crippen LogP contribution in [0.2, 0.25) is 0 Å². The molecular formula is C25H39N3O3. The highest BCUT2D eigenvalue weighted by molar-refractivity contribution is 5.80. The smallest absolute Gasteiger partial charge is 0.193 e. The summed E-state index contributed by atoms with van der Waals surface area (Å²) in [6.07, 6.45) is 10.1. The highest BCUT2D eigenvalue weighted by Crippen LogP contribution is 2.41. The number of nitrogens with zero attached hydrogens (tertiary/aromatic N) is 2. The molecule has 2 heterocycles. The van der Waals surface area contributed by atoms with Gasteiger partial charge in [-0.15, -0.1) is 0 Å². The van der Waals surface area contributed by atoms with Gasteiger partial charge in [0.15, 0.2) is 5.96 Å². The lowest BCUT2D eigenvalue weighted by atomic mass is 9.78. The minimum atomic E-state index is 0.160. The summed E-state index contributed by atoms with van der Waals surface area (Å²) in [4.78, 5) is 7.00. The number of benzene rings is 1. The van der Waals surface area contributed by atoms with Crippen LogP contribution in [0.5, 0.6) is 5.75 Å². The van der Waals surface area contributed by atoms with Crippen molar-refractivity contribution in [2.45, 2.75) is 69.0 Å². The van der Waals surface area contributed by atoms with Crippen molar-refractivity contribution in [2.75, 3.05) is 47.0 Å². The van der Waals surface area contributed by atoms with Crippen molar-refractivity contribution in [3.05, 3.63) is 29.8 Å². The molecule has 0 aromatic heterocycles. The topological polar surface area (TPSA) is 55.3 Å². The summed E-state index contributed by atoms with van der Waals surface area (Å²) in [6.45, 7) is 4.54. The van der Waals surface area contributed by atoms with Crippen molar-refractivity contribution >= 4 is 5.96 Å². The van der Waals surface area contributed by atoms with E-state index in [0.29, 0.717) is 12.2 Å². The number of rotatable bonds is 7. The standard InChI is InChI=1S/C25H39N3O3/c1-26-24(28-14-10-21(11-15-28)31-18-23-9-6-16-30-23)27-19-25(12-3-4-13-25)20-7-5-8-22(17-20)29-2/h5,7-8,17,21,23H,3-4,6,9-16,18-19H2,1-2H3,(H,26,27). The van der Waals surface area contributed by atoms with Crippen LogP contribution in [0.3, 0.4) is 0 Å². The summed E-state index contributed by atoms with van der Waals surface area (Å²) in [5, 5.41) is 3.72. The van der Waals surface area contributed by atoms with Crippen LogP contribution < -0.4 is 10.1 Å². The normalized spacial score (nSPS) is 24.5. The first-order chi connectivity index (χ1) is 15.2. The Kier molecular flexibility index (Phi) is 7.72. The molecule has 3 aliphatic rings. The van der Waals surface area contributed by atoms with Gasteiger partial charge in [-0.1, -0.05) is 25.0 Å². The molecule has 1 aliphatic carbocycles. The van der Waals surface area contributed by atoms with Crippen LogP contribution in [-0.4, -0.2) is 70.1 Å². The average Bonchev–Trinajstić information content (AvgIpc) is 3.52. The second-order valence-electron chi connectivity index (χ2n) is 9.27. The second kappa shape index (κ2) is 10.7. The van der Waals surface area contributed by atoms with Crippen LogP contribution in [0, 0.1) is 0 Å². The highest BCUT2D eigenvalue weighted by atomic mass is 16.5. The van der Waals surface area contributed by atoms with Crippen LogP contribution in [0.25, 0.3) is 0 Å². The van der Waals surface area contributed by atoms with Crippen LogP contribution >= 0.6 is 0 Å². The Morgan fingerprint density at radius 1 is 1.19 bits per heavy atom. The van der Waals surface area contributed by atoms with E-state index in [2.05, 4.69) is 33.4 Å². The van der Waals surface area contributed by atoms with Crippen LogP contribution in [0.15, 0.2) is 29.3 Å². The molecular weight excluding hydrogens is 390 g/mol. The predicted molar refractivity (Wildman–Crippen MR) is 124 cm³/mol. The maximum absolute atomic E-state index is 6.14. The monoisotopic (exact) mass is 429 g/mol. The lowest BCUT2D eigenvalue weighted by Crippen LogP contribution is -2.50. The number of guanidine groups is 1. The minimum Gasteiger partial charge on any atom is -0.497 e. The van der Waals surface area contributed by atoms with Crippen molar-refractivity contribution in [3.8, 4) is 5.75 Å². The van der Waals surface area contributed by atoms with E-state index in [9.17, 15) is 0 Å². The Labute approximate surface area is 187 Å². The number of methoxy groups -OCH3 is 1. The van der Waals surface area contributed by atoms with Crippen LogP contribution in [0.1, 0.15) is 56.9 Å². The molecule has 1 saturated carbocycles. The first-order valence-corrected chi connectivity index (χ1v) is 12.1. The molecule has 1 unspecified atom stereocenters. The van der Waals surface area contributed by atoms with E-state index in [1.54, 1.807) is 7.11 Å². The summed E-state index contributed by atoms with van der Waals surface area (Å²) >= 11 is 0. The third-order valence-corrected chi connectivity index (χ3v) is 7.32. The SMILES string of the molecule is CN=C(NCC1(c2cccc(OC)c2)CCCC1)N1CCC(OCC2CCCO2)CC1. The van der Waals surface area contributed by atoms with E-state index in [1.807, 2.05) is 13.1 Å². The molecule has 0 bridgehead atoms. The Morgan fingerprint density at radius 2 is 2.00 bits per heavy atom. The van der Waals surface area contributed by atoms with E-state index in [0.717, 1.165) is 63.8 Å². The fourth-order valence-electron chi connectivity index (χ4n) is 5.41. The number of piperidine rings is 1. The number of nitrogens with one attached hydrogen (secondary N) is 1. The molecule has 0 spiro atoms. The van der Waals surface area contributed by atoms with Gasteiger partial charge in [-0.05, 0) is 56.2 Å². The zero-order valence-corrected chi connectivity index (χ0v) is 19.3. The van der Waals surface area contributed by atoms with Gasteiger partial charge in [0, 0.05) is 38.7 Å². The van der Waals surface area contributed by atoms with E-state index < -0.39 is 0 Å². The molecule has 0 radical (unpaired) electrons. The third-order valence-electron chi connectivity index (χ3n) is 7.32. The molecule has 2 aliphatic heterocycles. The Balaban J connectivity index is 1.30. The zero-order valence-electron chi connectivity index (χ0n) is 19.3. The summed E-state index contributed by atoms with van der Waals surface area (Å²) in [5.74, 6) is 1.96. The molecule has 1 aromatic carbocycles. The number of aliphatic imine (C=N–C) groups is 1. The number of likely N-dealkylation sites (tertiary alicyclic amines) is 1. The second-order valence-corrected chi connectivity index (χ2v) is 9.27. The highest BCUT2D eigenvalue weighted by Gasteiger charge is 2.36. The van der Waals surface area contributed by atoms with Gasteiger partial charge in [0.1, 0.15) is 5.75 Å². The van der Waals surface area contributed by atoms with Crippen molar-refractivity contribution in [1.82, 2.24) is 10.2 Å². The molecule has 1 N–H and O–H groups in total. The Bertz CT molecular complexity index is 718. The van der Waals surface area contributed by atoms with E-state index >= 15 is 0 Å². The van der Waals surface area contributed by atoms with E-state index in [1.165, 1.54) is 37.7 Å². The number of hydrogen-bond acceptors (Lipinski definition) is 4. The largest absolute Gasteiger partial charge is 0.497 e. The quantitative estimate of drug-likeness (QED) is 0.529. The lowest BCUT2D eigenvalue weighted by molar-refractivity contribution is -0.0367. The molecule has 4 rings (SSSR count). The first-order valence-electron chi connectivity index (χ1n) is 12.1. The van der Waals surface area contributed by atoms with Gasteiger partial charge in [0.2, 0.25) is 0 Å². The predicted octanol–water partition coefficient (Wildman–Crippen LogP) is 3.74. The van der Waals surface area contributed by atoms with Gasteiger partial charge in [-0.25, -0.2) is 0 Å². The average molecular weight is 430 g/mol. The molecule has 3 fully saturated rings. The maximum Gasteiger partial charge on any atom is 0.193 e. The maximum atomic E-state index is 6.14. The molecule has 2 saturated heterocycles. The first kappa shape index (κ1) is 22.4. The zero-order chi connectivity index (χ0) is 21.5. The third kappa shape index (κ3) is 5.53. The van der Waals surface area contributed by atoms with Crippen LogP contribution in [-0.2, 0) is 14.9 Å². The van der Waals surface area contributed by atoms with Gasteiger partial charge < -0.3 is 24.4 Å². The molecule has 31 heavy (non-hydrogen) atoms. The molecule has 6 nitrogen and oxygen atoms in total. The van der Waals surface area contributed by atoms with E-state index in [4.69, 9.17) is 14.2 Å². The minimum absolute atomic E-state index is 0.160. The van der Waals surface area contributed by atoms with Crippen molar-refractivity contribution in [3.63, 3.8) is 0 Å². The van der Waals surface area contributed by atoms with Crippen molar-refractivity contribution in [1.29, 1.82) is 0 Å². The van der Waals surface area contributed by atoms with Crippen LogP contribution in [0.4, 0.5) is 0 Å². The van der Waals surface area contributed by atoms with Gasteiger partial charge >= 0.3 is 0 Å². The summed E-state index contributed by atoms with van der Waals surface area (Å²) in [6, 6.07) is 8.62. The van der Waals surface area contributed by atoms with E-state index in [-0.39, 0.29) is 5.41 Å². The molecule has 0 amide bonds. The number of ether oxygens (including phenoxy) is 3. The summed E-state index contributed by atoms with van der Waals surface area (Å²) < 4.78 is 17.3. The number of hydrogen-bond donors (Lipinski definition) is 1. The molecule has 172 valence electrons. The fourth-order valence-corrected chi connectivity index (χ4v) is 5.41. The summed E-state index contributed by atoms with van der Waals surface area (Å²) in [5.41, 5.74) is 1.54. The van der Waals surface area contributed by atoms with Crippen molar-refractivity contribution < 1.29 is 14.2 Å². The summed E-state index contributed by atoms with van der Waals surface area (Å²) in [7, 11) is 3.64. The lowest BCUT2D eigenvalue weighted by Gasteiger charge is -2.37. The van der Waals surface area contributed by atoms with Gasteiger partial charge in [-0.3, -0.25) is 4.99 Å². The van der Waals surface area contributed by atoms with Crippen molar-refractivity contribution in [2.24, 2.45) is 4.99 Å². The Hall–Kier alpha value is -1.79. The van der Waals surface area contributed by atoms with Gasteiger partial charge in [0.25, 0.3) is 0 Å². The molecule has 6 heteroatoms.